The first-order chi connectivity index (χ1) is 9.77. The van der Waals surface area contributed by atoms with Crippen molar-refractivity contribution in [1.29, 1.82) is 0 Å². The molecule has 20 heavy (non-hydrogen) atoms. The Hall–Kier alpha value is -1.34. The fraction of sp³-hybridized carbons (Fsp3) is 0.474. The fourth-order valence-electron chi connectivity index (χ4n) is 2.14. The average molecular weight is 272 g/mol. The number of hydrogen-bond acceptors (Lipinski definition) is 1. The first-order valence-corrected chi connectivity index (χ1v) is 7.71. The van der Waals surface area contributed by atoms with Gasteiger partial charge in [0.25, 0.3) is 0 Å². The second-order valence-electron chi connectivity index (χ2n) is 5.44. The Balaban J connectivity index is 2.64. The first kappa shape index (κ1) is 16.7. The van der Waals surface area contributed by atoms with Gasteiger partial charge in [0.1, 0.15) is 0 Å². The lowest BCUT2D eigenvalue weighted by atomic mass is 9.88. The molecule has 0 spiro atoms. The molecule has 0 bridgehead atoms. The SMILES string of the molecule is CC1(/C=C\CCCCO)/C=C\C/C=C\C/C=C\C/C=C\1. The predicted octanol–water partition coefficient (Wildman–Crippen LogP) is 5.12. The lowest BCUT2D eigenvalue weighted by molar-refractivity contribution is 0.285. The molecule has 0 radical (unpaired) electrons. The Morgan fingerprint density at radius 2 is 1.45 bits per heavy atom. The maximum Gasteiger partial charge on any atom is 0.0431 e. The predicted molar refractivity (Wildman–Crippen MR) is 88.6 cm³/mol. The van der Waals surface area contributed by atoms with Gasteiger partial charge in [-0.05, 0) is 45.4 Å². The first-order valence-electron chi connectivity index (χ1n) is 7.71. The third-order valence-corrected chi connectivity index (χ3v) is 3.36. The monoisotopic (exact) mass is 272 g/mol. The van der Waals surface area contributed by atoms with E-state index in [1.165, 1.54) is 0 Å². The third kappa shape index (κ3) is 7.96. The summed E-state index contributed by atoms with van der Waals surface area (Å²) in [4.78, 5) is 0. The minimum Gasteiger partial charge on any atom is -0.396 e. The summed E-state index contributed by atoms with van der Waals surface area (Å²) in [6.45, 7) is 2.53. The van der Waals surface area contributed by atoms with E-state index in [0.29, 0.717) is 6.61 Å². The molecule has 0 aromatic heterocycles. The molecule has 1 aliphatic rings. The zero-order chi connectivity index (χ0) is 14.5. The highest BCUT2D eigenvalue weighted by Gasteiger charge is 2.11. The van der Waals surface area contributed by atoms with Crippen molar-refractivity contribution in [2.75, 3.05) is 6.61 Å². The number of aliphatic hydroxyl groups excluding tert-OH is 1. The Bertz CT molecular complexity index is 359. The van der Waals surface area contributed by atoms with E-state index in [1.807, 2.05) is 0 Å². The van der Waals surface area contributed by atoms with E-state index >= 15 is 0 Å². The minimum atomic E-state index is 0.0000911. The van der Waals surface area contributed by atoms with Crippen LogP contribution in [-0.4, -0.2) is 11.7 Å². The second-order valence-corrected chi connectivity index (χ2v) is 5.44. The van der Waals surface area contributed by atoms with E-state index in [9.17, 15) is 0 Å². The van der Waals surface area contributed by atoms with Crippen LogP contribution in [-0.2, 0) is 0 Å². The zero-order valence-electron chi connectivity index (χ0n) is 12.7. The Morgan fingerprint density at radius 3 is 2.00 bits per heavy atom. The number of unbranched alkanes of at least 4 members (excludes halogenated alkanes) is 2. The number of allylic oxidation sites excluding steroid dienone is 10. The molecule has 0 atom stereocenters. The Kier molecular flexibility index (Phi) is 8.73. The molecular weight excluding hydrogens is 244 g/mol. The van der Waals surface area contributed by atoms with Crippen LogP contribution in [0.3, 0.4) is 0 Å². The van der Waals surface area contributed by atoms with E-state index in [1.54, 1.807) is 0 Å². The Morgan fingerprint density at radius 1 is 0.900 bits per heavy atom. The van der Waals surface area contributed by atoms with Gasteiger partial charge in [-0.2, -0.15) is 0 Å². The molecule has 0 heterocycles. The van der Waals surface area contributed by atoms with Crippen molar-refractivity contribution in [2.45, 2.75) is 45.4 Å². The van der Waals surface area contributed by atoms with Gasteiger partial charge in [0, 0.05) is 12.0 Å². The highest BCUT2D eigenvalue weighted by Crippen LogP contribution is 2.24. The molecule has 110 valence electrons. The van der Waals surface area contributed by atoms with Gasteiger partial charge in [0.05, 0.1) is 0 Å². The van der Waals surface area contributed by atoms with Gasteiger partial charge in [0.2, 0.25) is 0 Å². The van der Waals surface area contributed by atoms with Gasteiger partial charge in [-0.3, -0.25) is 0 Å². The molecule has 0 aliphatic heterocycles. The van der Waals surface area contributed by atoms with Crippen molar-refractivity contribution in [1.82, 2.24) is 0 Å². The van der Waals surface area contributed by atoms with Crippen LogP contribution in [0.5, 0.6) is 0 Å². The standard InChI is InChI=1S/C19H28O/c1-19(17-13-9-10-14-18-20)15-11-7-5-3-2-4-6-8-12-16-19/h3-6,11-13,15-17,20H,2,7-10,14,18H2,1H3/b5-3-,6-4-,15-11-,16-12-,17-13-. The molecule has 0 aromatic rings. The van der Waals surface area contributed by atoms with Crippen LogP contribution in [0.2, 0.25) is 0 Å². The van der Waals surface area contributed by atoms with Crippen molar-refractivity contribution >= 4 is 0 Å². The molecule has 1 heteroatoms. The normalized spacial score (nSPS) is 25.5. The lowest BCUT2D eigenvalue weighted by Gasteiger charge is -2.17. The van der Waals surface area contributed by atoms with E-state index in [4.69, 9.17) is 5.11 Å². The summed E-state index contributed by atoms with van der Waals surface area (Å²) in [7, 11) is 0. The molecule has 1 nitrogen and oxygen atoms in total. The molecule has 0 unspecified atom stereocenters. The molecule has 1 rings (SSSR count). The number of hydrogen-bond donors (Lipinski definition) is 1. The summed E-state index contributed by atoms with van der Waals surface area (Å²) in [5.74, 6) is 0. The molecular formula is C19H28O. The van der Waals surface area contributed by atoms with E-state index in [2.05, 4.69) is 67.7 Å². The highest BCUT2D eigenvalue weighted by atomic mass is 16.2. The molecule has 0 saturated carbocycles. The maximum atomic E-state index is 8.78. The highest BCUT2D eigenvalue weighted by molar-refractivity contribution is 5.21. The lowest BCUT2D eigenvalue weighted by Crippen LogP contribution is -2.05. The van der Waals surface area contributed by atoms with Gasteiger partial charge in [-0.1, -0.05) is 60.8 Å². The van der Waals surface area contributed by atoms with Crippen molar-refractivity contribution in [3.8, 4) is 0 Å². The van der Waals surface area contributed by atoms with Crippen LogP contribution in [0, 0.1) is 5.41 Å². The van der Waals surface area contributed by atoms with Gasteiger partial charge in [-0.15, -0.1) is 0 Å². The molecule has 0 saturated heterocycles. The van der Waals surface area contributed by atoms with Crippen LogP contribution < -0.4 is 0 Å². The van der Waals surface area contributed by atoms with Gasteiger partial charge in [0.15, 0.2) is 0 Å². The van der Waals surface area contributed by atoms with Crippen LogP contribution >= 0.6 is 0 Å². The van der Waals surface area contributed by atoms with E-state index < -0.39 is 0 Å². The number of rotatable bonds is 5. The van der Waals surface area contributed by atoms with E-state index in [-0.39, 0.29) is 5.41 Å². The fourth-order valence-corrected chi connectivity index (χ4v) is 2.14. The molecule has 0 amide bonds. The molecule has 1 N–H and O–H groups in total. The maximum absolute atomic E-state index is 8.78. The second kappa shape index (κ2) is 10.4. The minimum absolute atomic E-state index is 0.0000911. The topological polar surface area (TPSA) is 20.2 Å². The van der Waals surface area contributed by atoms with Crippen LogP contribution in [0.25, 0.3) is 0 Å². The summed E-state index contributed by atoms with van der Waals surface area (Å²) in [6.07, 6.45) is 28.4. The summed E-state index contributed by atoms with van der Waals surface area (Å²) >= 11 is 0. The van der Waals surface area contributed by atoms with Crippen LogP contribution in [0.15, 0.2) is 60.8 Å². The van der Waals surface area contributed by atoms with Crippen LogP contribution in [0.4, 0.5) is 0 Å². The molecule has 0 aromatic carbocycles. The van der Waals surface area contributed by atoms with Crippen molar-refractivity contribution in [3.05, 3.63) is 60.8 Å². The van der Waals surface area contributed by atoms with Crippen molar-refractivity contribution in [2.24, 2.45) is 5.41 Å². The summed E-state index contributed by atoms with van der Waals surface area (Å²) in [5.41, 5.74) is 0.0000911. The van der Waals surface area contributed by atoms with Crippen LogP contribution in [0.1, 0.15) is 45.4 Å². The van der Waals surface area contributed by atoms with Crippen molar-refractivity contribution < 1.29 is 5.11 Å². The van der Waals surface area contributed by atoms with Gasteiger partial charge in [-0.25, -0.2) is 0 Å². The average Bonchev–Trinajstić information content (AvgIpc) is 2.43. The summed E-state index contributed by atoms with van der Waals surface area (Å²) in [6, 6.07) is 0. The number of aliphatic hydroxyl groups is 1. The third-order valence-electron chi connectivity index (χ3n) is 3.36. The molecule has 0 fully saturated rings. The summed E-state index contributed by atoms with van der Waals surface area (Å²) < 4.78 is 0. The van der Waals surface area contributed by atoms with Crippen molar-refractivity contribution in [3.63, 3.8) is 0 Å². The largest absolute Gasteiger partial charge is 0.396 e. The van der Waals surface area contributed by atoms with Gasteiger partial charge >= 0.3 is 0 Å². The summed E-state index contributed by atoms with van der Waals surface area (Å²) in [5, 5.41) is 8.78. The molecule has 1 aliphatic carbocycles. The quantitative estimate of drug-likeness (QED) is 0.544. The Labute approximate surface area is 124 Å². The van der Waals surface area contributed by atoms with E-state index in [0.717, 1.165) is 38.5 Å². The zero-order valence-corrected chi connectivity index (χ0v) is 12.7. The van der Waals surface area contributed by atoms with Gasteiger partial charge < -0.3 is 5.11 Å². The smallest absolute Gasteiger partial charge is 0.0431 e.